The second-order valence-corrected chi connectivity index (χ2v) is 7.61. The molecule has 0 N–H and O–H groups in total. The zero-order chi connectivity index (χ0) is 20.1. The van der Waals surface area contributed by atoms with Gasteiger partial charge in [0, 0.05) is 19.4 Å². The molecule has 28 heavy (non-hydrogen) atoms. The number of rotatable bonds is 8. The maximum atomic E-state index is 12.0. The molecule has 5 nitrogen and oxygen atoms in total. The normalized spacial score (nSPS) is 11.1. The van der Waals surface area contributed by atoms with Crippen molar-refractivity contribution in [2.24, 2.45) is 0 Å². The largest absolute Gasteiger partial charge is 0.462 e. The Kier molecular flexibility index (Phi) is 6.75. The summed E-state index contributed by atoms with van der Waals surface area (Å²) in [5.41, 5.74) is 6.18. The summed E-state index contributed by atoms with van der Waals surface area (Å²) in [6.45, 7) is 7.72. The van der Waals surface area contributed by atoms with Gasteiger partial charge in [0.15, 0.2) is 5.16 Å². The van der Waals surface area contributed by atoms with E-state index in [1.54, 1.807) is 37.9 Å². The van der Waals surface area contributed by atoms with E-state index in [1.807, 2.05) is 6.07 Å². The van der Waals surface area contributed by atoms with Crippen molar-refractivity contribution in [1.82, 2.24) is 9.55 Å². The highest BCUT2D eigenvalue weighted by molar-refractivity contribution is 7.98. The van der Waals surface area contributed by atoms with Crippen LogP contribution >= 0.6 is 11.8 Å². The first kappa shape index (κ1) is 20.4. The number of carbonyl (C=O) groups excluding carboxylic acids is 1. The van der Waals surface area contributed by atoms with Gasteiger partial charge in [-0.2, -0.15) is 0 Å². The number of thioether (sulfide) groups is 1. The number of nitrogens with zero attached hydrogens (tertiary/aromatic N) is 2. The van der Waals surface area contributed by atoms with Gasteiger partial charge in [-0.1, -0.05) is 30.0 Å². The predicted octanol–water partition coefficient (Wildman–Crippen LogP) is 4.77. The maximum absolute atomic E-state index is 12.0. The van der Waals surface area contributed by atoms with Crippen LogP contribution in [0, 0.1) is 13.8 Å². The van der Waals surface area contributed by atoms with E-state index in [0.29, 0.717) is 25.3 Å². The molecule has 2 aromatic carbocycles. The van der Waals surface area contributed by atoms with Crippen molar-refractivity contribution >= 4 is 28.8 Å². The van der Waals surface area contributed by atoms with E-state index in [4.69, 9.17) is 14.5 Å². The number of hydrogen-bond acceptors (Lipinski definition) is 5. The fourth-order valence-corrected chi connectivity index (χ4v) is 3.98. The van der Waals surface area contributed by atoms with Crippen LogP contribution in [0.1, 0.15) is 34.0 Å². The third kappa shape index (κ3) is 4.56. The van der Waals surface area contributed by atoms with E-state index in [1.165, 1.54) is 16.7 Å². The lowest BCUT2D eigenvalue weighted by Gasteiger charge is -2.09. The summed E-state index contributed by atoms with van der Waals surface area (Å²) in [5, 5.41) is 0.922. The minimum Gasteiger partial charge on any atom is -0.462 e. The van der Waals surface area contributed by atoms with Crippen LogP contribution in [0.2, 0.25) is 0 Å². The highest BCUT2D eigenvalue weighted by atomic mass is 32.2. The van der Waals surface area contributed by atoms with Gasteiger partial charge in [-0.3, -0.25) is 0 Å². The number of benzene rings is 2. The molecule has 148 valence electrons. The third-order valence-electron chi connectivity index (χ3n) is 4.68. The lowest BCUT2D eigenvalue weighted by molar-refractivity contribution is 0.0526. The molecule has 6 heteroatoms. The second kappa shape index (κ2) is 9.26. The van der Waals surface area contributed by atoms with Crippen LogP contribution in [-0.2, 0) is 21.8 Å². The summed E-state index contributed by atoms with van der Waals surface area (Å²) in [6, 6.07) is 12.1. The van der Waals surface area contributed by atoms with E-state index < -0.39 is 0 Å². The van der Waals surface area contributed by atoms with E-state index in [-0.39, 0.29) is 5.97 Å². The molecule has 0 aliphatic carbocycles. The number of ether oxygens (including phenoxy) is 2. The molecular weight excluding hydrogens is 372 g/mol. The van der Waals surface area contributed by atoms with Crippen LogP contribution in [0.5, 0.6) is 0 Å². The van der Waals surface area contributed by atoms with Gasteiger partial charge in [0.1, 0.15) is 0 Å². The summed E-state index contributed by atoms with van der Waals surface area (Å²) in [7, 11) is 1.69. The van der Waals surface area contributed by atoms with Crippen molar-refractivity contribution in [3.05, 3.63) is 58.7 Å². The van der Waals surface area contributed by atoms with Gasteiger partial charge in [-0.15, -0.1) is 0 Å². The summed E-state index contributed by atoms with van der Waals surface area (Å²) in [6.07, 6.45) is 0. The molecule has 0 radical (unpaired) electrons. The molecule has 0 aliphatic heterocycles. The number of fused-ring (bicyclic) bond motifs is 1. The number of hydrogen-bond donors (Lipinski definition) is 0. The molecule has 0 aliphatic rings. The molecule has 0 spiro atoms. The van der Waals surface area contributed by atoms with E-state index in [0.717, 1.165) is 21.9 Å². The Morgan fingerprint density at radius 3 is 2.68 bits per heavy atom. The Hall–Kier alpha value is -2.31. The minimum atomic E-state index is -0.319. The van der Waals surface area contributed by atoms with Crippen LogP contribution in [0.25, 0.3) is 11.0 Å². The second-order valence-electron chi connectivity index (χ2n) is 6.67. The fraction of sp³-hybridized carbons (Fsp3) is 0.364. The highest BCUT2D eigenvalue weighted by Crippen LogP contribution is 2.28. The number of methoxy groups -OCH3 is 1. The molecule has 0 atom stereocenters. The fourth-order valence-electron chi connectivity index (χ4n) is 3.00. The Labute approximate surface area is 170 Å². The number of imidazole rings is 1. The molecular formula is C22H26N2O3S. The van der Waals surface area contributed by atoms with Gasteiger partial charge in [0.05, 0.1) is 29.8 Å². The molecule has 0 saturated heterocycles. The van der Waals surface area contributed by atoms with Crippen molar-refractivity contribution in [2.75, 3.05) is 20.3 Å². The molecule has 3 aromatic rings. The summed E-state index contributed by atoms with van der Waals surface area (Å²) in [4.78, 5) is 16.8. The third-order valence-corrected chi connectivity index (χ3v) is 5.73. The van der Waals surface area contributed by atoms with Gasteiger partial charge in [-0.05, 0) is 55.7 Å². The quantitative estimate of drug-likeness (QED) is 0.404. The van der Waals surface area contributed by atoms with Crippen molar-refractivity contribution in [3.63, 3.8) is 0 Å². The first-order chi connectivity index (χ1) is 13.5. The Morgan fingerprint density at radius 1 is 1.14 bits per heavy atom. The minimum absolute atomic E-state index is 0.319. The van der Waals surface area contributed by atoms with Crippen LogP contribution in [0.3, 0.4) is 0 Å². The highest BCUT2D eigenvalue weighted by Gasteiger charge is 2.15. The molecule has 0 amide bonds. The standard InChI is InChI=1S/C22H26N2O3S/c1-5-27-21(25)18-8-9-20-19(13-18)23-22(24(20)10-11-26-4)28-14-17-7-6-15(2)16(3)12-17/h6-9,12-13H,5,10-11,14H2,1-4H3. The SMILES string of the molecule is CCOC(=O)c1ccc2c(c1)nc(SCc1ccc(C)c(C)c1)n2CCOC. The van der Waals surface area contributed by atoms with Gasteiger partial charge in [0.2, 0.25) is 0 Å². The Balaban J connectivity index is 1.90. The van der Waals surface area contributed by atoms with Gasteiger partial charge in [-0.25, -0.2) is 9.78 Å². The van der Waals surface area contributed by atoms with E-state index in [9.17, 15) is 4.79 Å². The van der Waals surface area contributed by atoms with Crippen molar-refractivity contribution in [1.29, 1.82) is 0 Å². The van der Waals surface area contributed by atoms with Gasteiger partial charge in [0.25, 0.3) is 0 Å². The zero-order valence-corrected chi connectivity index (χ0v) is 17.6. The zero-order valence-electron chi connectivity index (χ0n) is 16.8. The number of esters is 1. The summed E-state index contributed by atoms with van der Waals surface area (Å²) in [5.74, 6) is 0.516. The van der Waals surface area contributed by atoms with Gasteiger partial charge < -0.3 is 14.0 Å². The van der Waals surface area contributed by atoms with Crippen molar-refractivity contribution in [3.8, 4) is 0 Å². The first-order valence-electron chi connectivity index (χ1n) is 9.38. The van der Waals surface area contributed by atoms with E-state index >= 15 is 0 Å². The molecule has 1 heterocycles. The Morgan fingerprint density at radius 2 is 1.96 bits per heavy atom. The first-order valence-corrected chi connectivity index (χ1v) is 10.4. The Bertz CT molecular complexity index is 981. The smallest absolute Gasteiger partial charge is 0.338 e. The lowest BCUT2D eigenvalue weighted by Crippen LogP contribution is -2.06. The van der Waals surface area contributed by atoms with Gasteiger partial charge >= 0.3 is 5.97 Å². The maximum Gasteiger partial charge on any atom is 0.338 e. The number of carbonyl (C=O) groups is 1. The number of aryl methyl sites for hydroxylation is 2. The van der Waals surface area contributed by atoms with E-state index in [2.05, 4.69) is 36.6 Å². The molecule has 0 bridgehead atoms. The summed E-state index contributed by atoms with van der Waals surface area (Å²) >= 11 is 1.70. The average Bonchev–Trinajstić information content (AvgIpc) is 3.04. The molecule has 1 aromatic heterocycles. The topological polar surface area (TPSA) is 53.3 Å². The lowest BCUT2D eigenvalue weighted by atomic mass is 10.1. The number of aromatic nitrogens is 2. The monoisotopic (exact) mass is 398 g/mol. The van der Waals surface area contributed by atoms with Crippen LogP contribution < -0.4 is 0 Å². The van der Waals surface area contributed by atoms with Crippen molar-refractivity contribution < 1.29 is 14.3 Å². The van der Waals surface area contributed by atoms with Crippen molar-refractivity contribution in [2.45, 2.75) is 38.2 Å². The van der Waals surface area contributed by atoms with Crippen LogP contribution in [0.4, 0.5) is 0 Å². The van der Waals surface area contributed by atoms with Crippen LogP contribution in [0.15, 0.2) is 41.6 Å². The molecule has 0 unspecified atom stereocenters. The molecule has 3 rings (SSSR count). The predicted molar refractivity (Wildman–Crippen MR) is 113 cm³/mol. The molecule has 0 saturated carbocycles. The average molecular weight is 399 g/mol. The van der Waals surface area contributed by atoms with Crippen LogP contribution in [-0.4, -0.2) is 35.8 Å². The molecule has 0 fully saturated rings. The summed E-state index contributed by atoms with van der Waals surface area (Å²) < 4.78 is 12.5.